The van der Waals surface area contributed by atoms with Gasteiger partial charge in [-0.3, -0.25) is 9.79 Å². The van der Waals surface area contributed by atoms with Crippen LogP contribution in [0.5, 0.6) is 0 Å². The predicted octanol–water partition coefficient (Wildman–Crippen LogP) is 4.97. The number of rotatable bonds is 10. The molecule has 6 nitrogen and oxygen atoms in total. The average molecular weight is 435 g/mol. The van der Waals surface area contributed by atoms with Crippen molar-refractivity contribution in [2.75, 3.05) is 44.1 Å². The molecule has 1 aromatic heterocycles. The summed E-state index contributed by atoms with van der Waals surface area (Å²) in [6, 6.07) is 16.2. The lowest BCUT2D eigenvalue weighted by molar-refractivity contribution is 0.154. The Morgan fingerprint density at radius 1 is 1.12 bits per heavy atom. The number of nitrogens with one attached hydrogen (secondary N) is 1. The Balaban J connectivity index is 1.86. The quantitative estimate of drug-likeness (QED) is 0.361. The fourth-order valence-electron chi connectivity index (χ4n) is 3.80. The fourth-order valence-corrected chi connectivity index (χ4v) is 3.80. The number of hydrogen-bond acceptors (Lipinski definition) is 5. The first kappa shape index (κ1) is 23.5. The predicted molar refractivity (Wildman–Crippen MR) is 136 cm³/mol. The molecule has 0 bridgehead atoms. The van der Waals surface area contributed by atoms with Crippen LogP contribution in [0.4, 0.5) is 17.1 Å². The number of nitrogens with zero attached hydrogens (tertiary/aromatic N) is 3. The molecule has 0 radical (unpaired) electrons. The van der Waals surface area contributed by atoms with E-state index < -0.39 is 0 Å². The summed E-state index contributed by atoms with van der Waals surface area (Å²) in [5.74, 6) is 0. The lowest BCUT2D eigenvalue weighted by atomic mass is 10.0. The smallest absolute Gasteiger partial charge is 0.274 e. The molecule has 1 N–H and O–H groups in total. The lowest BCUT2D eigenvalue weighted by Crippen LogP contribution is -2.22. The van der Waals surface area contributed by atoms with Crippen LogP contribution in [-0.4, -0.2) is 44.1 Å². The van der Waals surface area contributed by atoms with Gasteiger partial charge >= 0.3 is 0 Å². The van der Waals surface area contributed by atoms with Crippen LogP contribution in [0.3, 0.4) is 0 Å². The summed E-state index contributed by atoms with van der Waals surface area (Å²) in [6.07, 6.45) is 1.98. The molecule has 3 rings (SSSR count). The molecular weight excluding hydrogens is 400 g/mol. The van der Waals surface area contributed by atoms with Crippen LogP contribution in [0.25, 0.3) is 10.9 Å². The maximum atomic E-state index is 12.9. The van der Waals surface area contributed by atoms with E-state index in [9.17, 15) is 4.79 Å². The van der Waals surface area contributed by atoms with E-state index in [1.165, 1.54) is 0 Å². The number of anilines is 3. The molecule has 0 aliphatic rings. The second-order valence-electron chi connectivity index (χ2n) is 7.91. The summed E-state index contributed by atoms with van der Waals surface area (Å²) in [5, 5.41) is 4.32. The van der Waals surface area contributed by atoms with Gasteiger partial charge in [-0.1, -0.05) is 19.4 Å². The number of aryl methyl sites for hydroxylation is 1. The van der Waals surface area contributed by atoms with Gasteiger partial charge in [0.2, 0.25) is 0 Å². The molecule has 0 saturated heterocycles. The van der Waals surface area contributed by atoms with Crippen LogP contribution in [0.2, 0.25) is 0 Å². The Hall–Kier alpha value is -3.12. The molecular formula is C26H34N4O2. The van der Waals surface area contributed by atoms with Crippen molar-refractivity contribution in [2.45, 2.75) is 26.7 Å². The highest BCUT2D eigenvalue weighted by molar-refractivity contribution is 6.03. The van der Waals surface area contributed by atoms with Crippen molar-refractivity contribution < 1.29 is 4.74 Å². The van der Waals surface area contributed by atoms with Crippen molar-refractivity contribution in [3.05, 3.63) is 64.4 Å². The molecule has 0 amide bonds. The minimum absolute atomic E-state index is 0.0545. The SMILES string of the molecule is CCCC(=NC)c1ccc2c(c1)cc(Nc1ccc(N(C)CCOCC)cc1)c(=O)n2C. The Morgan fingerprint density at radius 3 is 2.53 bits per heavy atom. The minimum atomic E-state index is -0.0545. The number of hydrogen-bond donors (Lipinski definition) is 1. The minimum Gasteiger partial charge on any atom is -0.380 e. The van der Waals surface area contributed by atoms with Crippen molar-refractivity contribution in [2.24, 2.45) is 12.0 Å². The molecule has 0 fully saturated rings. The van der Waals surface area contributed by atoms with Gasteiger partial charge in [0.25, 0.3) is 5.56 Å². The molecule has 170 valence electrons. The number of benzene rings is 2. The number of aromatic nitrogens is 1. The summed E-state index contributed by atoms with van der Waals surface area (Å²) in [6.45, 7) is 6.41. The second kappa shape index (κ2) is 11.0. The average Bonchev–Trinajstić information content (AvgIpc) is 2.81. The van der Waals surface area contributed by atoms with E-state index in [4.69, 9.17) is 4.74 Å². The number of likely N-dealkylation sites (N-methyl/N-ethyl adjacent to an activating group) is 1. The van der Waals surface area contributed by atoms with Gasteiger partial charge in [-0.15, -0.1) is 0 Å². The first-order valence-electron chi connectivity index (χ1n) is 11.2. The Bertz CT molecular complexity index is 1130. The van der Waals surface area contributed by atoms with Crippen LogP contribution < -0.4 is 15.8 Å². The van der Waals surface area contributed by atoms with E-state index in [0.29, 0.717) is 12.3 Å². The molecule has 0 unspecified atom stereocenters. The number of aliphatic imine (C=N–C) groups is 1. The molecule has 0 saturated carbocycles. The standard InChI is InChI=1S/C26H34N4O2/c1-6-8-23(27-3)19-9-14-25-20(17-19)18-24(26(31)30(25)5)28-21-10-12-22(13-11-21)29(4)15-16-32-7-2/h9-14,17-18,28H,6-8,15-16H2,1-5H3. The summed E-state index contributed by atoms with van der Waals surface area (Å²) in [5.41, 5.74) is 5.58. The van der Waals surface area contributed by atoms with Crippen LogP contribution in [0.1, 0.15) is 32.3 Å². The van der Waals surface area contributed by atoms with E-state index in [0.717, 1.165) is 59.5 Å². The van der Waals surface area contributed by atoms with E-state index in [2.05, 4.69) is 28.2 Å². The van der Waals surface area contributed by atoms with Gasteiger partial charge in [0, 0.05) is 56.8 Å². The van der Waals surface area contributed by atoms with Crippen molar-refractivity contribution in [1.29, 1.82) is 0 Å². The van der Waals surface area contributed by atoms with E-state index in [1.807, 2.05) is 70.5 Å². The van der Waals surface area contributed by atoms with E-state index in [-0.39, 0.29) is 5.56 Å². The van der Waals surface area contributed by atoms with Crippen LogP contribution in [0.15, 0.2) is 58.3 Å². The monoisotopic (exact) mass is 434 g/mol. The highest BCUT2D eigenvalue weighted by atomic mass is 16.5. The van der Waals surface area contributed by atoms with Gasteiger partial charge in [0.15, 0.2) is 0 Å². The third-order valence-electron chi connectivity index (χ3n) is 5.68. The van der Waals surface area contributed by atoms with Crippen molar-refractivity contribution >= 4 is 33.7 Å². The van der Waals surface area contributed by atoms with Gasteiger partial charge in [-0.25, -0.2) is 0 Å². The van der Waals surface area contributed by atoms with Gasteiger partial charge in [-0.2, -0.15) is 0 Å². The van der Waals surface area contributed by atoms with Gasteiger partial charge in [0.05, 0.1) is 12.1 Å². The molecule has 0 aliphatic carbocycles. The highest BCUT2D eigenvalue weighted by Gasteiger charge is 2.10. The van der Waals surface area contributed by atoms with E-state index in [1.54, 1.807) is 4.57 Å². The fraction of sp³-hybridized carbons (Fsp3) is 0.385. The summed E-state index contributed by atoms with van der Waals surface area (Å²) >= 11 is 0. The summed E-state index contributed by atoms with van der Waals surface area (Å²) in [4.78, 5) is 19.5. The van der Waals surface area contributed by atoms with Crippen LogP contribution in [0, 0.1) is 0 Å². The maximum absolute atomic E-state index is 12.9. The third kappa shape index (κ3) is 5.37. The van der Waals surface area contributed by atoms with Crippen molar-refractivity contribution in [3.63, 3.8) is 0 Å². The zero-order valence-electron chi connectivity index (χ0n) is 19.8. The summed E-state index contributed by atoms with van der Waals surface area (Å²) in [7, 11) is 5.69. The molecule has 2 aromatic carbocycles. The maximum Gasteiger partial charge on any atom is 0.274 e. The first-order chi connectivity index (χ1) is 15.5. The van der Waals surface area contributed by atoms with Crippen LogP contribution >= 0.6 is 0 Å². The molecule has 0 atom stereocenters. The van der Waals surface area contributed by atoms with Crippen molar-refractivity contribution in [1.82, 2.24) is 4.57 Å². The Kier molecular flexibility index (Phi) is 8.06. The van der Waals surface area contributed by atoms with Crippen LogP contribution in [-0.2, 0) is 11.8 Å². The van der Waals surface area contributed by atoms with Gasteiger partial charge < -0.3 is 19.5 Å². The molecule has 32 heavy (non-hydrogen) atoms. The third-order valence-corrected chi connectivity index (χ3v) is 5.68. The first-order valence-corrected chi connectivity index (χ1v) is 11.2. The largest absolute Gasteiger partial charge is 0.380 e. The molecule has 0 aliphatic heterocycles. The number of pyridine rings is 1. The normalized spacial score (nSPS) is 11.7. The topological polar surface area (TPSA) is 58.9 Å². The number of ether oxygens (including phenoxy) is 1. The zero-order valence-corrected chi connectivity index (χ0v) is 19.8. The zero-order chi connectivity index (χ0) is 23.1. The van der Waals surface area contributed by atoms with E-state index >= 15 is 0 Å². The molecule has 0 spiro atoms. The molecule has 3 aromatic rings. The lowest BCUT2D eigenvalue weighted by Gasteiger charge is -2.19. The van der Waals surface area contributed by atoms with Crippen molar-refractivity contribution in [3.8, 4) is 0 Å². The second-order valence-corrected chi connectivity index (χ2v) is 7.91. The molecule has 1 heterocycles. The Morgan fingerprint density at radius 2 is 1.88 bits per heavy atom. The van der Waals surface area contributed by atoms with Gasteiger partial charge in [0.1, 0.15) is 5.69 Å². The number of fused-ring (bicyclic) bond motifs is 1. The van der Waals surface area contributed by atoms with Gasteiger partial charge in [-0.05, 0) is 61.4 Å². The summed E-state index contributed by atoms with van der Waals surface area (Å²) < 4.78 is 7.13. The Labute approximate surface area is 190 Å². The molecule has 6 heteroatoms. The highest BCUT2D eigenvalue weighted by Crippen LogP contribution is 2.23.